The highest BCUT2D eigenvalue weighted by Crippen LogP contribution is 2.36. The normalized spacial score (nSPS) is 47.1. The Labute approximate surface area is 61.7 Å². The second-order valence-electron chi connectivity index (χ2n) is 3.47. The van der Waals surface area contributed by atoms with Gasteiger partial charge >= 0.3 is 0 Å². The van der Waals surface area contributed by atoms with Gasteiger partial charge in [0, 0.05) is 18.6 Å². The molecule has 2 heteroatoms. The van der Waals surface area contributed by atoms with E-state index in [1.807, 2.05) is 0 Å². The lowest BCUT2D eigenvalue weighted by molar-refractivity contribution is 0.00156. The van der Waals surface area contributed by atoms with E-state index in [2.05, 4.69) is 0 Å². The summed E-state index contributed by atoms with van der Waals surface area (Å²) in [5, 5.41) is 0. The maximum absolute atomic E-state index is 5.72. The van der Waals surface area contributed by atoms with Gasteiger partial charge in [0.2, 0.25) is 0 Å². The number of hydrogen-bond acceptors (Lipinski definition) is 2. The van der Waals surface area contributed by atoms with E-state index < -0.39 is 0 Å². The molecule has 3 atom stereocenters. The molecule has 10 heavy (non-hydrogen) atoms. The van der Waals surface area contributed by atoms with Crippen molar-refractivity contribution in [2.24, 2.45) is 11.7 Å². The Morgan fingerprint density at radius 1 is 1.30 bits per heavy atom. The van der Waals surface area contributed by atoms with Crippen LogP contribution in [-0.4, -0.2) is 18.8 Å². The van der Waals surface area contributed by atoms with Gasteiger partial charge in [-0.05, 0) is 25.7 Å². The largest absolute Gasteiger partial charge is 0.378 e. The molecule has 0 aromatic rings. The Bertz CT molecular complexity index is 120. The zero-order valence-corrected chi connectivity index (χ0v) is 6.25. The molecule has 0 aromatic heterocycles. The minimum Gasteiger partial charge on any atom is -0.378 e. The molecule has 0 spiro atoms. The smallest absolute Gasteiger partial charge is 0.0618 e. The summed E-state index contributed by atoms with van der Waals surface area (Å²) in [6, 6.07) is 0.461. The number of hydrogen-bond donors (Lipinski definition) is 1. The lowest BCUT2D eigenvalue weighted by atomic mass is 10.1. The summed E-state index contributed by atoms with van der Waals surface area (Å²) in [6.07, 6.45) is 5.55. The van der Waals surface area contributed by atoms with E-state index in [9.17, 15) is 0 Å². The van der Waals surface area contributed by atoms with Crippen molar-refractivity contribution in [2.45, 2.75) is 37.8 Å². The van der Waals surface area contributed by atoms with Crippen LogP contribution in [0.25, 0.3) is 0 Å². The third-order valence-electron chi connectivity index (χ3n) is 2.58. The van der Waals surface area contributed by atoms with Gasteiger partial charge in [-0.15, -0.1) is 0 Å². The molecule has 0 aromatic carbocycles. The maximum Gasteiger partial charge on any atom is 0.0618 e. The van der Waals surface area contributed by atoms with E-state index in [4.69, 9.17) is 10.5 Å². The molecule has 0 radical (unpaired) electrons. The number of rotatable bonds is 1. The van der Waals surface area contributed by atoms with Crippen molar-refractivity contribution >= 4 is 0 Å². The Hall–Kier alpha value is -0.0800. The predicted octanol–water partition coefficient (Wildman–Crippen LogP) is 0.903. The Morgan fingerprint density at radius 2 is 2.10 bits per heavy atom. The maximum atomic E-state index is 5.72. The monoisotopic (exact) mass is 141 g/mol. The van der Waals surface area contributed by atoms with Gasteiger partial charge in [-0.1, -0.05) is 0 Å². The minimum absolute atomic E-state index is 0.461. The summed E-state index contributed by atoms with van der Waals surface area (Å²) < 4.78 is 5.59. The molecule has 0 bridgehead atoms. The summed E-state index contributed by atoms with van der Waals surface area (Å²) in [6.45, 7) is 0.966. The summed E-state index contributed by atoms with van der Waals surface area (Å²) in [5.41, 5.74) is 5.72. The summed E-state index contributed by atoms with van der Waals surface area (Å²) in [4.78, 5) is 0. The zero-order chi connectivity index (χ0) is 6.97. The van der Waals surface area contributed by atoms with Crippen molar-refractivity contribution in [3.63, 3.8) is 0 Å². The lowest BCUT2D eigenvalue weighted by Crippen LogP contribution is -2.24. The molecule has 1 unspecified atom stereocenters. The molecule has 2 nitrogen and oxygen atoms in total. The third-order valence-corrected chi connectivity index (χ3v) is 2.58. The molecule has 2 fully saturated rings. The van der Waals surface area contributed by atoms with Crippen LogP contribution in [0, 0.1) is 5.92 Å². The van der Waals surface area contributed by atoms with Crippen LogP contribution in [0.2, 0.25) is 0 Å². The van der Waals surface area contributed by atoms with Gasteiger partial charge in [0.1, 0.15) is 0 Å². The van der Waals surface area contributed by atoms with Gasteiger partial charge in [0.15, 0.2) is 0 Å². The van der Waals surface area contributed by atoms with Crippen LogP contribution in [-0.2, 0) is 4.74 Å². The average Bonchev–Trinajstić information content (AvgIpc) is 2.69. The molecule has 1 heterocycles. The van der Waals surface area contributed by atoms with Crippen LogP contribution in [0.15, 0.2) is 0 Å². The molecule has 0 amide bonds. The topological polar surface area (TPSA) is 35.2 Å². The lowest BCUT2D eigenvalue weighted by Gasteiger charge is -2.22. The Balaban J connectivity index is 1.81. The van der Waals surface area contributed by atoms with Gasteiger partial charge in [0.25, 0.3) is 0 Å². The van der Waals surface area contributed by atoms with Crippen LogP contribution in [0.5, 0.6) is 0 Å². The highest BCUT2D eigenvalue weighted by Gasteiger charge is 2.41. The molecule has 2 aliphatic rings. The van der Waals surface area contributed by atoms with Gasteiger partial charge in [-0.3, -0.25) is 0 Å². The van der Waals surface area contributed by atoms with Crippen LogP contribution in [0.3, 0.4) is 0 Å². The standard InChI is InChI=1S/C8H15NO/c9-7-5-6(7)8-3-1-2-4-10-8/h6-8H,1-5,9H2/t6-,7-,8?/m1/s1. The summed E-state index contributed by atoms with van der Waals surface area (Å²) in [7, 11) is 0. The van der Waals surface area contributed by atoms with Gasteiger partial charge < -0.3 is 10.5 Å². The number of nitrogens with two attached hydrogens (primary N) is 1. The molecule has 1 aliphatic heterocycles. The molecule has 1 saturated carbocycles. The van der Waals surface area contributed by atoms with E-state index >= 15 is 0 Å². The van der Waals surface area contributed by atoms with E-state index in [-0.39, 0.29) is 0 Å². The minimum atomic E-state index is 0.461. The van der Waals surface area contributed by atoms with Crippen LogP contribution < -0.4 is 5.73 Å². The number of ether oxygens (including phenoxy) is 1. The summed E-state index contributed by atoms with van der Waals surface area (Å²) in [5.74, 6) is 0.709. The third kappa shape index (κ3) is 1.18. The van der Waals surface area contributed by atoms with Crippen molar-refractivity contribution < 1.29 is 4.74 Å². The fourth-order valence-electron chi connectivity index (χ4n) is 1.77. The molecule has 58 valence electrons. The van der Waals surface area contributed by atoms with Gasteiger partial charge in [-0.2, -0.15) is 0 Å². The van der Waals surface area contributed by atoms with E-state index in [0.717, 1.165) is 6.61 Å². The molecule has 1 aliphatic carbocycles. The highest BCUT2D eigenvalue weighted by atomic mass is 16.5. The van der Waals surface area contributed by atoms with Crippen molar-refractivity contribution in [3.8, 4) is 0 Å². The first-order valence-corrected chi connectivity index (χ1v) is 4.25. The van der Waals surface area contributed by atoms with Crippen LogP contribution in [0.1, 0.15) is 25.7 Å². The predicted molar refractivity (Wildman–Crippen MR) is 39.7 cm³/mol. The molecule has 1 saturated heterocycles. The first-order valence-electron chi connectivity index (χ1n) is 4.25. The molecule has 2 N–H and O–H groups in total. The van der Waals surface area contributed by atoms with E-state index in [1.54, 1.807) is 0 Å². The highest BCUT2D eigenvalue weighted by molar-refractivity contribution is 4.96. The molecule has 2 rings (SSSR count). The van der Waals surface area contributed by atoms with Crippen molar-refractivity contribution in [2.75, 3.05) is 6.61 Å². The SMILES string of the molecule is N[C@@H]1C[C@H]1C1CCCCO1. The average molecular weight is 141 g/mol. The molecular formula is C8H15NO. The van der Waals surface area contributed by atoms with Crippen molar-refractivity contribution in [1.82, 2.24) is 0 Å². The fraction of sp³-hybridized carbons (Fsp3) is 1.00. The Morgan fingerprint density at radius 3 is 2.60 bits per heavy atom. The quantitative estimate of drug-likeness (QED) is 0.589. The fourth-order valence-corrected chi connectivity index (χ4v) is 1.77. The van der Waals surface area contributed by atoms with E-state index in [1.165, 1.54) is 25.7 Å². The first kappa shape index (κ1) is 6.62. The van der Waals surface area contributed by atoms with Crippen LogP contribution >= 0.6 is 0 Å². The van der Waals surface area contributed by atoms with Gasteiger partial charge in [-0.25, -0.2) is 0 Å². The van der Waals surface area contributed by atoms with Crippen molar-refractivity contribution in [3.05, 3.63) is 0 Å². The summed E-state index contributed by atoms with van der Waals surface area (Å²) >= 11 is 0. The first-order chi connectivity index (χ1) is 4.88. The van der Waals surface area contributed by atoms with E-state index in [0.29, 0.717) is 18.1 Å². The second-order valence-corrected chi connectivity index (χ2v) is 3.47. The zero-order valence-electron chi connectivity index (χ0n) is 6.25. The van der Waals surface area contributed by atoms with Crippen molar-refractivity contribution in [1.29, 1.82) is 0 Å². The Kier molecular flexibility index (Phi) is 1.66. The molecular weight excluding hydrogens is 126 g/mol. The van der Waals surface area contributed by atoms with Crippen LogP contribution in [0.4, 0.5) is 0 Å². The second kappa shape index (κ2) is 2.51. The van der Waals surface area contributed by atoms with Gasteiger partial charge in [0.05, 0.1) is 6.10 Å².